The number of fused-ring (bicyclic) bond motifs is 1. The standard InChI is InChI=1S/C14H19N3/c1-2-17-10-16-13-9-11(5-6-14(13)17)8-12-4-3-7-15-12/h5-6,9-10,12,15H,2-4,7-8H2,1H3. The number of aryl methyl sites for hydroxylation is 1. The van der Waals surface area contributed by atoms with Crippen LogP contribution in [0.2, 0.25) is 0 Å². The second kappa shape index (κ2) is 4.49. The number of hydrogen-bond donors (Lipinski definition) is 1. The predicted molar refractivity (Wildman–Crippen MR) is 70.1 cm³/mol. The van der Waals surface area contributed by atoms with Crippen LogP contribution < -0.4 is 5.32 Å². The molecule has 1 N–H and O–H groups in total. The van der Waals surface area contributed by atoms with Crippen LogP contribution in [0.4, 0.5) is 0 Å². The lowest BCUT2D eigenvalue weighted by atomic mass is 10.0. The Morgan fingerprint density at radius 1 is 1.47 bits per heavy atom. The van der Waals surface area contributed by atoms with E-state index in [-0.39, 0.29) is 0 Å². The van der Waals surface area contributed by atoms with Gasteiger partial charge in [0.25, 0.3) is 0 Å². The molecule has 3 heteroatoms. The molecule has 1 aromatic carbocycles. The fourth-order valence-electron chi connectivity index (χ4n) is 2.70. The first-order valence-corrected chi connectivity index (χ1v) is 6.54. The van der Waals surface area contributed by atoms with Gasteiger partial charge >= 0.3 is 0 Å². The molecule has 0 radical (unpaired) electrons. The number of nitrogens with one attached hydrogen (secondary N) is 1. The van der Waals surface area contributed by atoms with E-state index in [0.29, 0.717) is 6.04 Å². The minimum Gasteiger partial charge on any atom is -0.331 e. The van der Waals surface area contributed by atoms with Crippen LogP contribution in [-0.4, -0.2) is 22.1 Å². The third-order valence-corrected chi connectivity index (χ3v) is 3.67. The van der Waals surface area contributed by atoms with Crippen molar-refractivity contribution in [3.63, 3.8) is 0 Å². The SMILES string of the molecule is CCn1cnc2cc(CC3CCCN3)ccc21. The molecule has 3 rings (SSSR count). The molecule has 1 aliphatic rings. The maximum atomic E-state index is 4.47. The molecule has 1 atom stereocenters. The zero-order chi connectivity index (χ0) is 11.7. The second-order valence-electron chi connectivity index (χ2n) is 4.85. The average Bonchev–Trinajstić information content (AvgIpc) is 2.97. The summed E-state index contributed by atoms with van der Waals surface area (Å²) >= 11 is 0. The van der Waals surface area contributed by atoms with E-state index in [0.717, 1.165) is 18.5 Å². The predicted octanol–water partition coefficient (Wildman–Crippen LogP) is 2.35. The summed E-state index contributed by atoms with van der Waals surface area (Å²) in [5.74, 6) is 0. The topological polar surface area (TPSA) is 29.9 Å². The summed E-state index contributed by atoms with van der Waals surface area (Å²) in [5.41, 5.74) is 3.77. The third-order valence-electron chi connectivity index (χ3n) is 3.67. The van der Waals surface area contributed by atoms with Gasteiger partial charge in [0.15, 0.2) is 0 Å². The quantitative estimate of drug-likeness (QED) is 0.875. The summed E-state index contributed by atoms with van der Waals surface area (Å²) in [6.07, 6.45) is 5.69. The molecule has 3 nitrogen and oxygen atoms in total. The van der Waals surface area contributed by atoms with Crippen molar-refractivity contribution in [1.82, 2.24) is 14.9 Å². The van der Waals surface area contributed by atoms with Gasteiger partial charge in [0.2, 0.25) is 0 Å². The summed E-state index contributed by atoms with van der Waals surface area (Å²) in [6, 6.07) is 7.36. The number of rotatable bonds is 3. The Hall–Kier alpha value is -1.35. The molecule has 2 aromatic rings. The molecule has 0 aliphatic carbocycles. The molecule has 1 fully saturated rings. The molecule has 0 bridgehead atoms. The van der Waals surface area contributed by atoms with Crippen molar-refractivity contribution in [3.05, 3.63) is 30.1 Å². The monoisotopic (exact) mass is 229 g/mol. The van der Waals surface area contributed by atoms with Crippen LogP contribution in [0.15, 0.2) is 24.5 Å². The molecule has 1 aliphatic heterocycles. The van der Waals surface area contributed by atoms with Gasteiger partial charge in [-0.3, -0.25) is 0 Å². The van der Waals surface area contributed by atoms with Crippen molar-refractivity contribution in [2.45, 2.75) is 38.8 Å². The van der Waals surface area contributed by atoms with Gasteiger partial charge in [-0.15, -0.1) is 0 Å². The average molecular weight is 229 g/mol. The van der Waals surface area contributed by atoms with E-state index in [1.807, 2.05) is 6.33 Å². The molecule has 0 saturated carbocycles. The number of nitrogens with zero attached hydrogens (tertiary/aromatic N) is 2. The molecule has 1 saturated heterocycles. The largest absolute Gasteiger partial charge is 0.331 e. The zero-order valence-electron chi connectivity index (χ0n) is 10.3. The highest BCUT2D eigenvalue weighted by atomic mass is 15.0. The van der Waals surface area contributed by atoms with Gasteiger partial charge in [-0.25, -0.2) is 4.98 Å². The Morgan fingerprint density at radius 3 is 3.18 bits per heavy atom. The van der Waals surface area contributed by atoms with E-state index in [1.165, 1.54) is 30.5 Å². The number of aromatic nitrogens is 2. The zero-order valence-corrected chi connectivity index (χ0v) is 10.3. The van der Waals surface area contributed by atoms with Gasteiger partial charge in [0, 0.05) is 12.6 Å². The number of imidazole rings is 1. The molecule has 17 heavy (non-hydrogen) atoms. The van der Waals surface area contributed by atoms with Crippen LogP contribution in [-0.2, 0) is 13.0 Å². The highest BCUT2D eigenvalue weighted by Gasteiger charge is 2.14. The molecule has 0 spiro atoms. The lowest BCUT2D eigenvalue weighted by Gasteiger charge is -2.10. The van der Waals surface area contributed by atoms with E-state index in [4.69, 9.17) is 0 Å². The van der Waals surface area contributed by atoms with Crippen molar-refractivity contribution in [3.8, 4) is 0 Å². The Kier molecular flexibility index (Phi) is 2.85. The van der Waals surface area contributed by atoms with Crippen LogP contribution >= 0.6 is 0 Å². The van der Waals surface area contributed by atoms with Crippen LogP contribution in [0, 0.1) is 0 Å². The normalized spacial score (nSPS) is 20.2. The number of hydrogen-bond acceptors (Lipinski definition) is 2. The second-order valence-corrected chi connectivity index (χ2v) is 4.85. The molecular formula is C14H19N3. The smallest absolute Gasteiger partial charge is 0.0958 e. The van der Waals surface area contributed by atoms with E-state index < -0.39 is 0 Å². The van der Waals surface area contributed by atoms with Gasteiger partial charge in [-0.1, -0.05) is 6.07 Å². The van der Waals surface area contributed by atoms with E-state index in [2.05, 4.69) is 40.0 Å². The third kappa shape index (κ3) is 2.07. The van der Waals surface area contributed by atoms with Crippen LogP contribution in [0.25, 0.3) is 11.0 Å². The summed E-state index contributed by atoms with van der Waals surface area (Å²) in [6.45, 7) is 4.31. The lowest BCUT2D eigenvalue weighted by molar-refractivity contribution is 0.603. The summed E-state index contributed by atoms with van der Waals surface area (Å²) < 4.78 is 2.19. The lowest BCUT2D eigenvalue weighted by Crippen LogP contribution is -2.23. The first-order chi connectivity index (χ1) is 8.36. The Morgan fingerprint density at radius 2 is 2.41 bits per heavy atom. The molecule has 2 heterocycles. The highest BCUT2D eigenvalue weighted by molar-refractivity contribution is 5.76. The first-order valence-electron chi connectivity index (χ1n) is 6.54. The fourth-order valence-corrected chi connectivity index (χ4v) is 2.70. The van der Waals surface area contributed by atoms with Gasteiger partial charge in [-0.05, 0) is 50.4 Å². The minimum atomic E-state index is 0.667. The van der Waals surface area contributed by atoms with Gasteiger partial charge in [0.05, 0.1) is 17.4 Å². The van der Waals surface area contributed by atoms with Crippen molar-refractivity contribution in [2.75, 3.05) is 6.54 Å². The molecule has 1 unspecified atom stereocenters. The minimum absolute atomic E-state index is 0.667. The molecular weight excluding hydrogens is 210 g/mol. The van der Waals surface area contributed by atoms with Crippen molar-refractivity contribution in [2.24, 2.45) is 0 Å². The van der Waals surface area contributed by atoms with Crippen LogP contribution in [0.1, 0.15) is 25.3 Å². The Balaban J connectivity index is 1.86. The first kappa shape index (κ1) is 10.8. The number of benzene rings is 1. The molecule has 90 valence electrons. The Bertz CT molecular complexity index is 509. The fraction of sp³-hybridized carbons (Fsp3) is 0.500. The summed E-state index contributed by atoms with van der Waals surface area (Å²) in [5, 5.41) is 3.54. The summed E-state index contributed by atoms with van der Waals surface area (Å²) in [7, 11) is 0. The maximum Gasteiger partial charge on any atom is 0.0958 e. The van der Waals surface area contributed by atoms with Crippen molar-refractivity contribution in [1.29, 1.82) is 0 Å². The summed E-state index contributed by atoms with van der Waals surface area (Å²) in [4.78, 5) is 4.47. The van der Waals surface area contributed by atoms with E-state index in [9.17, 15) is 0 Å². The van der Waals surface area contributed by atoms with Gasteiger partial charge in [-0.2, -0.15) is 0 Å². The maximum absolute atomic E-state index is 4.47. The molecule has 1 aromatic heterocycles. The van der Waals surface area contributed by atoms with Crippen molar-refractivity contribution >= 4 is 11.0 Å². The van der Waals surface area contributed by atoms with Crippen LogP contribution in [0.5, 0.6) is 0 Å². The van der Waals surface area contributed by atoms with Gasteiger partial charge in [0.1, 0.15) is 0 Å². The van der Waals surface area contributed by atoms with E-state index in [1.54, 1.807) is 0 Å². The molecule has 0 amide bonds. The Labute approximate surface area is 102 Å². The van der Waals surface area contributed by atoms with E-state index >= 15 is 0 Å². The van der Waals surface area contributed by atoms with Crippen LogP contribution in [0.3, 0.4) is 0 Å². The van der Waals surface area contributed by atoms with Crippen molar-refractivity contribution < 1.29 is 0 Å². The van der Waals surface area contributed by atoms with Gasteiger partial charge < -0.3 is 9.88 Å². The highest BCUT2D eigenvalue weighted by Crippen LogP contribution is 2.18.